The molecule has 2 atom stereocenters. The van der Waals surface area contributed by atoms with Gasteiger partial charge in [0.05, 0.1) is 0 Å². The molecule has 2 unspecified atom stereocenters. The number of rotatable bonds is 7. The van der Waals surface area contributed by atoms with E-state index in [1.807, 2.05) is 18.2 Å². The largest absolute Gasteiger partial charge is 0.313 e. The molecule has 1 rings (SSSR count). The van der Waals surface area contributed by atoms with E-state index in [9.17, 15) is 0 Å². The zero-order chi connectivity index (χ0) is 14.4. The van der Waals surface area contributed by atoms with Crippen LogP contribution < -0.4 is 5.32 Å². The van der Waals surface area contributed by atoms with E-state index in [4.69, 9.17) is 23.2 Å². The molecule has 0 aromatic heterocycles. The van der Waals surface area contributed by atoms with Crippen LogP contribution >= 0.6 is 23.2 Å². The van der Waals surface area contributed by atoms with Crippen LogP contribution in [0.2, 0.25) is 10.0 Å². The van der Waals surface area contributed by atoms with Gasteiger partial charge in [0, 0.05) is 16.1 Å². The summed E-state index contributed by atoms with van der Waals surface area (Å²) >= 11 is 12.2. The summed E-state index contributed by atoms with van der Waals surface area (Å²) in [7, 11) is 0. The van der Waals surface area contributed by atoms with Crippen molar-refractivity contribution in [1.29, 1.82) is 0 Å². The first kappa shape index (κ1) is 16.8. The highest BCUT2D eigenvalue weighted by Crippen LogP contribution is 2.25. The van der Waals surface area contributed by atoms with Crippen molar-refractivity contribution in [3.8, 4) is 0 Å². The zero-order valence-corrected chi connectivity index (χ0v) is 13.9. The molecule has 0 aliphatic carbocycles. The van der Waals surface area contributed by atoms with Crippen LogP contribution in [0.1, 0.15) is 39.7 Å². The van der Waals surface area contributed by atoms with Gasteiger partial charge in [-0.25, -0.2) is 0 Å². The molecule has 0 bridgehead atoms. The maximum atomic E-state index is 6.28. The molecule has 0 radical (unpaired) electrons. The number of hydrogen-bond donors (Lipinski definition) is 1. The third-order valence-corrected chi connectivity index (χ3v) is 4.38. The fourth-order valence-electron chi connectivity index (χ4n) is 2.16. The number of hydrogen-bond acceptors (Lipinski definition) is 1. The first-order valence-electron chi connectivity index (χ1n) is 7.13. The highest BCUT2D eigenvalue weighted by molar-refractivity contribution is 6.35. The van der Waals surface area contributed by atoms with Crippen molar-refractivity contribution >= 4 is 23.2 Å². The predicted octanol–water partition coefficient (Wildman–Crippen LogP) is 5.20. The predicted molar refractivity (Wildman–Crippen MR) is 86.2 cm³/mol. The van der Waals surface area contributed by atoms with Crippen LogP contribution in [0.3, 0.4) is 0 Å². The lowest BCUT2D eigenvalue weighted by atomic mass is 9.86. The van der Waals surface area contributed by atoms with E-state index in [-0.39, 0.29) is 0 Å². The summed E-state index contributed by atoms with van der Waals surface area (Å²) in [6, 6.07) is 6.24. The molecule has 0 saturated heterocycles. The molecular weight excluding hydrogens is 277 g/mol. The number of nitrogens with one attached hydrogen (secondary N) is 1. The van der Waals surface area contributed by atoms with Crippen molar-refractivity contribution in [3.63, 3.8) is 0 Å². The lowest BCUT2D eigenvalue weighted by molar-refractivity contribution is 0.297. The number of benzene rings is 1. The minimum Gasteiger partial charge on any atom is -0.313 e. The van der Waals surface area contributed by atoms with Crippen molar-refractivity contribution in [2.45, 2.75) is 46.6 Å². The molecule has 0 amide bonds. The number of halogens is 2. The van der Waals surface area contributed by atoms with E-state index in [0.717, 1.165) is 24.4 Å². The summed E-state index contributed by atoms with van der Waals surface area (Å²) in [5.74, 6) is 1.26. The van der Waals surface area contributed by atoms with Gasteiger partial charge in [-0.05, 0) is 48.9 Å². The summed E-state index contributed by atoms with van der Waals surface area (Å²) in [5, 5.41) is 5.12. The zero-order valence-electron chi connectivity index (χ0n) is 12.3. The molecule has 0 spiro atoms. The molecule has 1 aromatic rings. The molecule has 19 heavy (non-hydrogen) atoms. The molecule has 1 nitrogen and oxygen atoms in total. The second-order valence-electron chi connectivity index (χ2n) is 5.60. The Bertz CT molecular complexity index is 390. The van der Waals surface area contributed by atoms with Crippen molar-refractivity contribution in [3.05, 3.63) is 33.8 Å². The van der Waals surface area contributed by atoms with Crippen molar-refractivity contribution in [2.75, 3.05) is 6.54 Å². The Kier molecular flexibility index (Phi) is 7.20. The van der Waals surface area contributed by atoms with Crippen LogP contribution in [0, 0.1) is 11.8 Å². The van der Waals surface area contributed by atoms with E-state index in [2.05, 4.69) is 33.0 Å². The lowest BCUT2D eigenvalue weighted by Crippen LogP contribution is -2.39. The van der Waals surface area contributed by atoms with Gasteiger partial charge < -0.3 is 5.32 Å². The second-order valence-corrected chi connectivity index (χ2v) is 6.45. The summed E-state index contributed by atoms with van der Waals surface area (Å²) < 4.78 is 0. The van der Waals surface area contributed by atoms with Gasteiger partial charge in [-0.15, -0.1) is 0 Å². The highest BCUT2D eigenvalue weighted by atomic mass is 35.5. The van der Waals surface area contributed by atoms with Crippen molar-refractivity contribution < 1.29 is 0 Å². The standard InChI is InChI=1S/C16H25Cl2N/c1-5-8-19-16(12(4)11(2)3)9-13-6-7-14(17)10-15(13)18/h6-7,10-12,16,19H,5,8-9H2,1-4H3. The first-order chi connectivity index (χ1) is 8.95. The minimum absolute atomic E-state index is 0.457. The molecule has 0 saturated carbocycles. The van der Waals surface area contributed by atoms with Crippen LogP contribution in [0.25, 0.3) is 0 Å². The lowest BCUT2D eigenvalue weighted by Gasteiger charge is -2.28. The molecular formula is C16H25Cl2N. The van der Waals surface area contributed by atoms with Crippen LogP contribution in [-0.2, 0) is 6.42 Å². The Morgan fingerprint density at radius 3 is 2.37 bits per heavy atom. The molecule has 1 N–H and O–H groups in total. The topological polar surface area (TPSA) is 12.0 Å². The van der Waals surface area contributed by atoms with Crippen molar-refractivity contribution in [2.24, 2.45) is 11.8 Å². The first-order valence-corrected chi connectivity index (χ1v) is 7.88. The minimum atomic E-state index is 0.457. The monoisotopic (exact) mass is 301 g/mol. The van der Waals surface area contributed by atoms with Gasteiger partial charge in [0.15, 0.2) is 0 Å². The molecule has 108 valence electrons. The molecule has 0 aliphatic heterocycles. The van der Waals surface area contributed by atoms with E-state index in [1.54, 1.807) is 0 Å². The van der Waals surface area contributed by atoms with Gasteiger partial charge in [0.25, 0.3) is 0 Å². The van der Waals surface area contributed by atoms with Crippen molar-refractivity contribution in [1.82, 2.24) is 5.32 Å². The molecule has 1 aromatic carbocycles. The Balaban J connectivity index is 2.81. The fraction of sp³-hybridized carbons (Fsp3) is 0.625. The maximum absolute atomic E-state index is 6.28. The smallest absolute Gasteiger partial charge is 0.0453 e. The second kappa shape index (κ2) is 8.14. The van der Waals surface area contributed by atoms with Gasteiger partial charge >= 0.3 is 0 Å². The normalized spacial score (nSPS) is 14.7. The van der Waals surface area contributed by atoms with Crippen LogP contribution in [0.5, 0.6) is 0 Å². The third-order valence-electron chi connectivity index (χ3n) is 3.80. The van der Waals surface area contributed by atoms with E-state index >= 15 is 0 Å². The Labute approximate surface area is 127 Å². The van der Waals surface area contributed by atoms with E-state index < -0.39 is 0 Å². The van der Waals surface area contributed by atoms with Gasteiger partial charge in [-0.1, -0.05) is 57.0 Å². The van der Waals surface area contributed by atoms with Gasteiger partial charge in [-0.3, -0.25) is 0 Å². The molecule has 0 aliphatic rings. The summed E-state index contributed by atoms with van der Waals surface area (Å²) in [6.07, 6.45) is 2.10. The Hall–Kier alpha value is -0.240. The fourth-order valence-corrected chi connectivity index (χ4v) is 2.65. The summed E-state index contributed by atoms with van der Waals surface area (Å²) in [4.78, 5) is 0. The van der Waals surface area contributed by atoms with Crippen LogP contribution in [0.4, 0.5) is 0 Å². The average Bonchev–Trinajstić information content (AvgIpc) is 2.36. The average molecular weight is 302 g/mol. The Morgan fingerprint density at radius 2 is 1.84 bits per heavy atom. The third kappa shape index (κ3) is 5.33. The maximum Gasteiger partial charge on any atom is 0.0453 e. The quantitative estimate of drug-likeness (QED) is 0.730. The molecule has 0 heterocycles. The SMILES string of the molecule is CCCNC(Cc1ccc(Cl)cc1Cl)C(C)C(C)C. The van der Waals surface area contributed by atoms with Crippen LogP contribution in [0.15, 0.2) is 18.2 Å². The summed E-state index contributed by atoms with van der Waals surface area (Å²) in [6.45, 7) is 10.1. The van der Waals surface area contributed by atoms with Crippen LogP contribution in [-0.4, -0.2) is 12.6 Å². The molecule has 3 heteroatoms. The molecule has 0 fully saturated rings. The highest BCUT2D eigenvalue weighted by Gasteiger charge is 2.20. The Morgan fingerprint density at radius 1 is 1.16 bits per heavy atom. The van der Waals surface area contributed by atoms with Gasteiger partial charge in [0.2, 0.25) is 0 Å². The van der Waals surface area contributed by atoms with E-state index in [1.165, 1.54) is 5.56 Å². The summed E-state index contributed by atoms with van der Waals surface area (Å²) in [5.41, 5.74) is 1.17. The van der Waals surface area contributed by atoms with Gasteiger partial charge in [0.1, 0.15) is 0 Å². The van der Waals surface area contributed by atoms with Gasteiger partial charge in [-0.2, -0.15) is 0 Å². The van der Waals surface area contributed by atoms with E-state index in [0.29, 0.717) is 22.9 Å².